The van der Waals surface area contributed by atoms with E-state index >= 15 is 0 Å². The van der Waals surface area contributed by atoms with Gasteiger partial charge in [0.25, 0.3) is 0 Å². The van der Waals surface area contributed by atoms with E-state index in [1.165, 1.54) is 219 Å². The highest BCUT2D eigenvalue weighted by Crippen LogP contribution is 2.63. The Bertz CT molecular complexity index is 5160. The summed E-state index contributed by atoms with van der Waals surface area (Å²) in [4.78, 5) is 0. The standard InChI is InChI=1S/C82H50/c1-43-19-27-47(28-20-43)67-51-11-5-7-13-53(51)69(49-31-23-45(3)24-32-49)81-65-41-39-61-73-57(35-37-63(77(65)73)79(67)81)55-15-9-18-60-71(55)75(61)59-17-10-16-56-58-36-38-64-78-66(42-40-62(74(58)78)76(60)72(56)59)82-70(50-33-25-46(4)26-34-50)54-14-8-6-12-52(54)68(80(64)82)48-29-21-44(2)22-30-48/h5-42H,1-4H3. The third-order valence-corrected chi connectivity index (χ3v) is 19.5. The lowest BCUT2D eigenvalue weighted by Crippen LogP contribution is -1.93. The van der Waals surface area contributed by atoms with Gasteiger partial charge in [-0.1, -0.05) is 253 Å². The van der Waals surface area contributed by atoms with E-state index in [1.807, 2.05) is 0 Å². The van der Waals surface area contributed by atoms with E-state index in [0.717, 1.165) is 0 Å². The van der Waals surface area contributed by atoms with Gasteiger partial charge in [0.15, 0.2) is 0 Å². The summed E-state index contributed by atoms with van der Waals surface area (Å²) in [5.74, 6) is 0. The van der Waals surface area contributed by atoms with Gasteiger partial charge in [0.2, 0.25) is 0 Å². The van der Waals surface area contributed by atoms with Crippen molar-refractivity contribution in [3.63, 3.8) is 0 Å². The fraction of sp³-hybridized carbons (Fsp3) is 0.0488. The van der Waals surface area contributed by atoms with E-state index in [1.54, 1.807) is 0 Å². The van der Waals surface area contributed by atoms with Crippen molar-refractivity contribution in [2.24, 2.45) is 0 Å². The Morgan fingerprint density at radius 1 is 0.146 bits per heavy atom. The van der Waals surface area contributed by atoms with Crippen LogP contribution in [0.15, 0.2) is 231 Å². The van der Waals surface area contributed by atoms with Gasteiger partial charge in [-0.15, -0.1) is 0 Å². The quantitative estimate of drug-likeness (QED) is 0.122. The van der Waals surface area contributed by atoms with Gasteiger partial charge in [-0.25, -0.2) is 0 Å². The van der Waals surface area contributed by atoms with E-state index in [4.69, 9.17) is 0 Å². The molecule has 82 heavy (non-hydrogen) atoms. The monoisotopic (exact) mass is 1030 g/mol. The summed E-state index contributed by atoms with van der Waals surface area (Å²) in [6.45, 7) is 8.76. The molecule has 19 rings (SSSR count). The Balaban J connectivity index is 0.942. The zero-order valence-electron chi connectivity index (χ0n) is 45.9. The summed E-state index contributed by atoms with van der Waals surface area (Å²) in [7, 11) is 0. The molecule has 0 radical (unpaired) electrons. The first-order valence-corrected chi connectivity index (χ1v) is 29.1. The lowest BCUT2D eigenvalue weighted by atomic mass is 9.81. The van der Waals surface area contributed by atoms with Crippen molar-refractivity contribution in [2.45, 2.75) is 27.7 Å². The molecular formula is C82H50. The first kappa shape index (κ1) is 44.7. The number of hydrogen-bond acceptors (Lipinski definition) is 0. The molecule has 0 amide bonds. The van der Waals surface area contributed by atoms with Crippen molar-refractivity contribution in [1.29, 1.82) is 0 Å². The third-order valence-electron chi connectivity index (χ3n) is 19.5. The first-order valence-electron chi connectivity index (χ1n) is 29.1. The highest BCUT2D eigenvalue weighted by atomic mass is 14.4. The van der Waals surface area contributed by atoms with Gasteiger partial charge in [0, 0.05) is 0 Å². The third kappa shape index (κ3) is 5.57. The number of benzene rings is 17. The lowest BCUT2D eigenvalue weighted by molar-refractivity contribution is 1.47. The van der Waals surface area contributed by atoms with E-state index in [9.17, 15) is 0 Å². The lowest BCUT2D eigenvalue weighted by Gasteiger charge is -2.22. The molecule has 0 aliphatic heterocycles. The minimum atomic E-state index is 1.25. The molecule has 0 aromatic heterocycles. The predicted octanol–water partition coefficient (Wildman–Crippen LogP) is 23.3. The normalized spacial score (nSPS) is 12.6. The molecule has 0 bridgehead atoms. The van der Waals surface area contributed by atoms with Crippen molar-refractivity contribution in [1.82, 2.24) is 0 Å². The van der Waals surface area contributed by atoms with Crippen LogP contribution in [0, 0.1) is 27.7 Å². The first-order chi connectivity index (χ1) is 40.4. The smallest absolute Gasteiger partial charge is 0.000740 e. The second-order valence-corrected chi connectivity index (χ2v) is 23.9. The van der Waals surface area contributed by atoms with Gasteiger partial charge in [-0.2, -0.15) is 0 Å². The molecular weight excluding hydrogens is 985 g/mol. The number of hydrogen-bond donors (Lipinski definition) is 0. The maximum Gasteiger partial charge on any atom is -0.000740 e. The number of aryl methyl sites for hydroxylation is 4. The fourth-order valence-electron chi connectivity index (χ4n) is 16.1. The molecule has 17 aromatic carbocycles. The van der Waals surface area contributed by atoms with Crippen LogP contribution in [0.5, 0.6) is 0 Å². The second-order valence-electron chi connectivity index (χ2n) is 23.9. The Kier molecular flexibility index (Phi) is 8.62. The summed E-state index contributed by atoms with van der Waals surface area (Å²) in [5, 5.41) is 26.5. The molecule has 0 heteroatoms. The molecule has 0 unspecified atom stereocenters. The van der Waals surface area contributed by atoms with Crippen molar-refractivity contribution >= 4 is 108 Å². The molecule has 0 saturated carbocycles. The van der Waals surface area contributed by atoms with E-state index in [-0.39, 0.29) is 0 Å². The minimum Gasteiger partial charge on any atom is -0.0616 e. The number of rotatable bonds is 4. The van der Waals surface area contributed by atoms with Crippen molar-refractivity contribution in [3.8, 4) is 89.0 Å². The zero-order chi connectivity index (χ0) is 54.0. The summed E-state index contributed by atoms with van der Waals surface area (Å²) < 4.78 is 0. The molecule has 17 aromatic rings. The summed E-state index contributed by atoms with van der Waals surface area (Å²) in [6.07, 6.45) is 0. The number of fused-ring (bicyclic) bond motifs is 14. The molecule has 0 saturated heterocycles. The molecule has 2 aliphatic carbocycles. The molecule has 0 fully saturated rings. The van der Waals surface area contributed by atoms with Gasteiger partial charge in [0.05, 0.1) is 0 Å². The Hall–Kier alpha value is -10.1. The average molecular weight is 1040 g/mol. The molecule has 2 aliphatic rings. The summed E-state index contributed by atoms with van der Waals surface area (Å²) in [6, 6.07) is 89.4. The van der Waals surface area contributed by atoms with Crippen LogP contribution in [-0.4, -0.2) is 0 Å². The SMILES string of the molecule is Cc1ccc(-c2c3c(c(-c4ccc(C)cc4)c4ccccc24)-c2ccc4c5c2c-3ccc5c2cccc3c2c4c2cccc4c5ccc6c7c(ccc(c75)c3c42)-c2c-6c(-c3ccc(C)cc3)c3ccccc3c2-c2ccc(C)cc2)cc1. The Morgan fingerprint density at radius 2 is 0.354 bits per heavy atom. The molecule has 0 heterocycles. The largest absolute Gasteiger partial charge is 0.0616 e. The maximum absolute atomic E-state index is 2.50. The van der Waals surface area contributed by atoms with Crippen molar-refractivity contribution in [2.75, 3.05) is 0 Å². The Morgan fingerprint density at radius 3 is 0.646 bits per heavy atom. The topological polar surface area (TPSA) is 0 Å². The van der Waals surface area contributed by atoms with Gasteiger partial charge < -0.3 is 0 Å². The highest BCUT2D eigenvalue weighted by molar-refractivity contribution is 6.50. The van der Waals surface area contributed by atoms with E-state index in [0.29, 0.717) is 0 Å². The van der Waals surface area contributed by atoms with Gasteiger partial charge >= 0.3 is 0 Å². The van der Waals surface area contributed by atoms with Gasteiger partial charge in [-0.3, -0.25) is 0 Å². The molecule has 0 N–H and O–H groups in total. The average Bonchev–Trinajstić information content (AvgIpc) is 1.53. The van der Waals surface area contributed by atoms with Crippen molar-refractivity contribution < 1.29 is 0 Å². The van der Waals surface area contributed by atoms with Crippen LogP contribution in [0.25, 0.3) is 197 Å². The predicted molar refractivity (Wildman–Crippen MR) is 353 cm³/mol. The van der Waals surface area contributed by atoms with Crippen LogP contribution >= 0.6 is 0 Å². The van der Waals surface area contributed by atoms with Crippen LogP contribution in [0.4, 0.5) is 0 Å². The molecule has 0 nitrogen and oxygen atoms in total. The molecule has 0 atom stereocenters. The van der Waals surface area contributed by atoms with Crippen LogP contribution < -0.4 is 0 Å². The summed E-state index contributed by atoms with van der Waals surface area (Å²) in [5.41, 5.74) is 26.0. The minimum absolute atomic E-state index is 1.25. The van der Waals surface area contributed by atoms with Crippen molar-refractivity contribution in [3.05, 3.63) is 253 Å². The second kappa shape index (κ2) is 15.8. The van der Waals surface area contributed by atoms with Crippen LogP contribution in [0.3, 0.4) is 0 Å². The van der Waals surface area contributed by atoms with E-state index < -0.39 is 0 Å². The Labute approximate surface area is 474 Å². The molecule has 378 valence electrons. The zero-order valence-corrected chi connectivity index (χ0v) is 45.9. The van der Waals surface area contributed by atoms with Crippen LogP contribution in [0.2, 0.25) is 0 Å². The molecule has 0 spiro atoms. The maximum atomic E-state index is 2.50. The van der Waals surface area contributed by atoms with Crippen LogP contribution in [-0.2, 0) is 0 Å². The van der Waals surface area contributed by atoms with Crippen LogP contribution in [0.1, 0.15) is 22.3 Å². The van der Waals surface area contributed by atoms with Gasteiger partial charge in [-0.05, 0) is 224 Å². The summed E-state index contributed by atoms with van der Waals surface area (Å²) >= 11 is 0. The van der Waals surface area contributed by atoms with E-state index in [2.05, 4.69) is 258 Å². The highest BCUT2D eigenvalue weighted by Gasteiger charge is 2.35. The van der Waals surface area contributed by atoms with Gasteiger partial charge in [0.1, 0.15) is 0 Å². The fourth-order valence-corrected chi connectivity index (χ4v) is 16.1.